The first kappa shape index (κ1) is 10.8. The molecule has 0 spiro atoms. The summed E-state index contributed by atoms with van der Waals surface area (Å²) in [5, 5.41) is 7.28. The summed E-state index contributed by atoms with van der Waals surface area (Å²) >= 11 is 0. The van der Waals surface area contributed by atoms with Crippen LogP contribution in [0.4, 0.5) is 5.82 Å². The van der Waals surface area contributed by atoms with E-state index in [-0.39, 0.29) is 11.9 Å². The molecule has 5 nitrogen and oxygen atoms in total. The molecule has 0 fully saturated rings. The van der Waals surface area contributed by atoms with E-state index >= 15 is 0 Å². The van der Waals surface area contributed by atoms with Crippen LogP contribution in [0.25, 0.3) is 0 Å². The van der Waals surface area contributed by atoms with Crippen LogP contribution in [0.3, 0.4) is 0 Å². The van der Waals surface area contributed by atoms with Crippen molar-refractivity contribution in [1.29, 1.82) is 0 Å². The van der Waals surface area contributed by atoms with Gasteiger partial charge in [0.1, 0.15) is 11.6 Å². The molecule has 0 amide bonds. The standard InChI is InChI=1S/C13H13N3O2/c1-18-11-5-3-2-4-9(11)10-8-13(17)16-12(15-10)6-7-14-16/h2-7,10,15H,8H2,1H3. The maximum atomic E-state index is 11.9. The molecule has 1 aromatic heterocycles. The second-order valence-electron chi connectivity index (χ2n) is 4.16. The van der Waals surface area contributed by atoms with E-state index in [1.54, 1.807) is 19.4 Å². The lowest BCUT2D eigenvalue weighted by Crippen LogP contribution is -2.28. The fourth-order valence-electron chi connectivity index (χ4n) is 2.24. The summed E-state index contributed by atoms with van der Waals surface area (Å²) < 4.78 is 6.72. The van der Waals surface area contributed by atoms with E-state index in [9.17, 15) is 4.79 Å². The van der Waals surface area contributed by atoms with Crippen molar-refractivity contribution >= 4 is 11.7 Å². The predicted molar refractivity (Wildman–Crippen MR) is 66.8 cm³/mol. The summed E-state index contributed by atoms with van der Waals surface area (Å²) in [4.78, 5) is 11.9. The number of aromatic nitrogens is 2. The Balaban J connectivity index is 1.98. The Labute approximate surface area is 104 Å². The van der Waals surface area contributed by atoms with Gasteiger partial charge in [-0.3, -0.25) is 4.79 Å². The van der Waals surface area contributed by atoms with Gasteiger partial charge in [0, 0.05) is 11.6 Å². The van der Waals surface area contributed by atoms with Gasteiger partial charge in [0.15, 0.2) is 0 Å². The van der Waals surface area contributed by atoms with Crippen LogP contribution in [0.15, 0.2) is 36.5 Å². The van der Waals surface area contributed by atoms with E-state index in [1.807, 2.05) is 24.3 Å². The first-order valence-corrected chi connectivity index (χ1v) is 5.76. The molecule has 1 aliphatic rings. The van der Waals surface area contributed by atoms with Crippen LogP contribution in [0.1, 0.15) is 22.8 Å². The van der Waals surface area contributed by atoms with Gasteiger partial charge in [-0.25, -0.2) is 0 Å². The fourth-order valence-corrected chi connectivity index (χ4v) is 2.24. The Morgan fingerprint density at radius 2 is 2.22 bits per heavy atom. The summed E-state index contributed by atoms with van der Waals surface area (Å²) in [6, 6.07) is 9.44. The van der Waals surface area contributed by atoms with E-state index in [1.165, 1.54) is 4.68 Å². The Kier molecular flexibility index (Phi) is 2.51. The molecule has 0 saturated heterocycles. The number of anilines is 1. The van der Waals surface area contributed by atoms with Crippen LogP contribution in [-0.4, -0.2) is 22.8 Å². The van der Waals surface area contributed by atoms with Crippen LogP contribution >= 0.6 is 0 Å². The lowest BCUT2D eigenvalue weighted by atomic mass is 10.0. The highest BCUT2D eigenvalue weighted by Gasteiger charge is 2.27. The van der Waals surface area contributed by atoms with Gasteiger partial charge in [0.2, 0.25) is 0 Å². The topological polar surface area (TPSA) is 56.2 Å². The molecule has 92 valence electrons. The van der Waals surface area contributed by atoms with E-state index < -0.39 is 0 Å². The number of ether oxygens (including phenoxy) is 1. The minimum atomic E-state index is -0.0714. The highest BCUT2D eigenvalue weighted by molar-refractivity contribution is 5.84. The van der Waals surface area contributed by atoms with Gasteiger partial charge in [-0.2, -0.15) is 9.78 Å². The van der Waals surface area contributed by atoms with Crippen LogP contribution in [0.2, 0.25) is 0 Å². The molecule has 0 saturated carbocycles. The first-order valence-electron chi connectivity index (χ1n) is 5.76. The number of rotatable bonds is 2. The molecular formula is C13H13N3O2. The van der Waals surface area contributed by atoms with Crippen molar-refractivity contribution in [2.75, 3.05) is 12.4 Å². The average Bonchev–Trinajstić information content (AvgIpc) is 2.87. The molecule has 0 radical (unpaired) electrons. The molecule has 0 bridgehead atoms. The van der Waals surface area contributed by atoms with Gasteiger partial charge in [-0.1, -0.05) is 18.2 Å². The van der Waals surface area contributed by atoms with Gasteiger partial charge in [-0.05, 0) is 6.07 Å². The lowest BCUT2D eigenvalue weighted by Gasteiger charge is -2.25. The molecule has 1 atom stereocenters. The number of fused-ring (bicyclic) bond motifs is 1. The number of carbonyl (C=O) groups is 1. The number of hydrogen-bond acceptors (Lipinski definition) is 4. The number of nitrogens with zero attached hydrogens (tertiary/aromatic N) is 2. The molecule has 1 N–H and O–H groups in total. The van der Waals surface area contributed by atoms with Crippen molar-refractivity contribution < 1.29 is 9.53 Å². The summed E-state index contributed by atoms with van der Waals surface area (Å²) in [5.74, 6) is 1.50. The Morgan fingerprint density at radius 3 is 3.06 bits per heavy atom. The molecule has 1 unspecified atom stereocenters. The molecule has 1 aromatic carbocycles. The zero-order chi connectivity index (χ0) is 12.5. The van der Waals surface area contributed by atoms with Gasteiger partial charge < -0.3 is 10.1 Å². The van der Waals surface area contributed by atoms with Crippen molar-refractivity contribution in [1.82, 2.24) is 9.78 Å². The molecular weight excluding hydrogens is 230 g/mol. The lowest BCUT2D eigenvalue weighted by molar-refractivity contribution is 0.0872. The monoisotopic (exact) mass is 243 g/mol. The number of nitrogens with one attached hydrogen (secondary N) is 1. The Bertz CT molecular complexity index is 591. The smallest absolute Gasteiger partial charge is 0.251 e. The summed E-state index contributed by atoms with van der Waals surface area (Å²) in [5.41, 5.74) is 0.987. The molecule has 18 heavy (non-hydrogen) atoms. The summed E-state index contributed by atoms with van der Waals surface area (Å²) in [7, 11) is 1.63. The van der Waals surface area contributed by atoms with Crippen molar-refractivity contribution in [2.45, 2.75) is 12.5 Å². The van der Waals surface area contributed by atoms with E-state index in [4.69, 9.17) is 4.74 Å². The molecule has 5 heteroatoms. The van der Waals surface area contributed by atoms with Gasteiger partial charge in [0.05, 0.1) is 25.8 Å². The Morgan fingerprint density at radius 1 is 1.39 bits per heavy atom. The largest absolute Gasteiger partial charge is 0.496 e. The highest BCUT2D eigenvalue weighted by atomic mass is 16.5. The van der Waals surface area contributed by atoms with Crippen molar-refractivity contribution in [3.05, 3.63) is 42.1 Å². The third-order valence-corrected chi connectivity index (χ3v) is 3.09. The number of methoxy groups -OCH3 is 1. The third kappa shape index (κ3) is 1.64. The summed E-state index contributed by atoms with van der Waals surface area (Å²) in [6.07, 6.45) is 1.99. The maximum Gasteiger partial charge on any atom is 0.251 e. The minimum Gasteiger partial charge on any atom is -0.496 e. The summed E-state index contributed by atoms with van der Waals surface area (Å²) in [6.45, 7) is 0. The average molecular weight is 243 g/mol. The molecule has 1 aliphatic heterocycles. The first-order chi connectivity index (χ1) is 8.79. The third-order valence-electron chi connectivity index (χ3n) is 3.09. The van der Waals surface area contributed by atoms with Crippen molar-refractivity contribution in [3.63, 3.8) is 0 Å². The number of carbonyl (C=O) groups excluding carboxylic acids is 1. The SMILES string of the molecule is COc1ccccc1C1CC(=O)n2nccc2N1. The number of para-hydroxylation sites is 1. The predicted octanol–water partition coefficient (Wildman–Crippen LogP) is 2.09. The number of hydrogen-bond donors (Lipinski definition) is 1. The van der Waals surface area contributed by atoms with E-state index in [2.05, 4.69) is 10.4 Å². The zero-order valence-electron chi connectivity index (χ0n) is 9.96. The minimum absolute atomic E-state index is 0.00958. The van der Waals surface area contributed by atoms with Gasteiger partial charge in [-0.15, -0.1) is 0 Å². The van der Waals surface area contributed by atoms with Crippen molar-refractivity contribution in [3.8, 4) is 5.75 Å². The molecule has 2 aromatic rings. The molecule has 3 rings (SSSR count). The van der Waals surface area contributed by atoms with Crippen LogP contribution in [0, 0.1) is 0 Å². The van der Waals surface area contributed by atoms with E-state index in [0.717, 1.165) is 17.1 Å². The van der Waals surface area contributed by atoms with Crippen LogP contribution in [-0.2, 0) is 0 Å². The van der Waals surface area contributed by atoms with Gasteiger partial charge >= 0.3 is 0 Å². The van der Waals surface area contributed by atoms with Gasteiger partial charge in [0.25, 0.3) is 5.91 Å². The zero-order valence-corrected chi connectivity index (χ0v) is 9.96. The Hall–Kier alpha value is -2.30. The van der Waals surface area contributed by atoms with Crippen LogP contribution < -0.4 is 10.1 Å². The van der Waals surface area contributed by atoms with Crippen LogP contribution in [0.5, 0.6) is 5.75 Å². The normalized spacial score (nSPS) is 18.1. The second kappa shape index (κ2) is 4.18. The molecule has 2 heterocycles. The second-order valence-corrected chi connectivity index (χ2v) is 4.16. The fraction of sp³-hybridized carbons (Fsp3) is 0.231. The van der Waals surface area contributed by atoms with Crippen molar-refractivity contribution in [2.24, 2.45) is 0 Å². The highest BCUT2D eigenvalue weighted by Crippen LogP contribution is 2.33. The molecule has 0 aliphatic carbocycles. The maximum absolute atomic E-state index is 11.9. The van der Waals surface area contributed by atoms with E-state index in [0.29, 0.717) is 6.42 Å². The number of benzene rings is 1. The quantitative estimate of drug-likeness (QED) is 0.877.